The van der Waals surface area contributed by atoms with Gasteiger partial charge in [-0.15, -0.1) is 23.2 Å². The molecule has 1 aromatic rings. The summed E-state index contributed by atoms with van der Waals surface area (Å²) in [5.74, 6) is 0.273. The monoisotopic (exact) mass is 346 g/mol. The van der Waals surface area contributed by atoms with E-state index in [2.05, 4.69) is 23.1 Å². The molecule has 3 N–H and O–H groups in total. The lowest BCUT2D eigenvalue weighted by Gasteiger charge is -2.21. The quantitative estimate of drug-likeness (QED) is 0.639. The van der Waals surface area contributed by atoms with E-state index in [1.165, 1.54) is 5.56 Å². The molecule has 1 atom stereocenters. The number of carboxylic acid groups (broad SMARTS) is 1. The molecule has 22 heavy (non-hydrogen) atoms. The molecular weight excluding hydrogens is 323 g/mol. The molecule has 0 bridgehead atoms. The highest BCUT2D eigenvalue weighted by atomic mass is 35.5. The van der Waals surface area contributed by atoms with Gasteiger partial charge in [0.2, 0.25) is 0 Å². The van der Waals surface area contributed by atoms with Crippen LogP contribution in [0.25, 0.3) is 0 Å². The van der Waals surface area contributed by atoms with Crippen molar-refractivity contribution < 1.29 is 9.90 Å². The zero-order valence-electron chi connectivity index (χ0n) is 12.9. The lowest BCUT2D eigenvalue weighted by Crippen LogP contribution is -2.28. The van der Waals surface area contributed by atoms with E-state index in [-0.39, 0.29) is 12.5 Å². The summed E-state index contributed by atoms with van der Waals surface area (Å²) < 4.78 is 0. The zero-order chi connectivity index (χ0) is 16.5. The molecule has 124 valence electrons. The highest BCUT2D eigenvalue weighted by Gasteiger charge is 2.12. The SMILES string of the molecule is Cc1ccc(CN(CCCl)CCCl)cc1CC(N)CC(=O)O. The Hall–Kier alpha value is -0.810. The Bertz CT molecular complexity index is 477. The molecule has 1 rings (SSSR count). The van der Waals surface area contributed by atoms with Crippen molar-refractivity contribution in [3.05, 3.63) is 34.9 Å². The van der Waals surface area contributed by atoms with Gasteiger partial charge in [0.1, 0.15) is 0 Å². The molecule has 1 aromatic carbocycles. The minimum Gasteiger partial charge on any atom is -0.481 e. The maximum atomic E-state index is 10.7. The molecule has 4 nitrogen and oxygen atoms in total. The summed E-state index contributed by atoms with van der Waals surface area (Å²) in [5, 5.41) is 8.81. The third-order valence-corrected chi connectivity index (χ3v) is 3.88. The van der Waals surface area contributed by atoms with Gasteiger partial charge in [-0.25, -0.2) is 0 Å². The smallest absolute Gasteiger partial charge is 0.304 e. The molecule has 0 heterocycles. The summed E-state index contributed by atoms with van der Waals surface area (Å²) in [6.07, 6.45) is 0.547. The maximum absolute atomic E-state index is 10.7. The number of nitrogens with zero attached hydrogens (tertiary/aromatic N) is 1. The highest BCUT2D eigenvalue weighted by molar-refractivity contribution is 6.18. The van der Waals surface area contributed by atoms with Gasteiger partial charge in [-0.05, 0) is 30.0 Å². The first-order valence-electron chi connectivity index (χ1n) is 7.36. The van der Waals surface area contributed by atoms with Gasteiger partial charge in [0, 0.05) is 37.4 Å². The van der Waals surface area contributed by atoms with Gasteiger partial charge in [-0.3, -0.25) is 9.69 Å². The number of benzene rings is 1. The van der Waals surface area contributed by atoms with Crippen molar-refractivity contribution in [2.24, 2.45) is 5.73 Å². The van der Waals surface area contributed by atoms with Crippen molar-refractivity contribution in [3.8, 4) is 0 Å². The number of carbonyl (C=O) groups is 1. The number of hydrogen-bond donors (Lipinski definition) is 2. The average Bonchev–Trinajstić information content (AvgIpc) is 2.42. The van der Waals surface area contributed by atoms with Crippen molar-refractivity contribution in [1.82, 2.24) is 4.90 Å². The first kappa shape index (κ1) is 19.2. The standard InChI is InChI=1S/C16H24Cl2N2O2/c1-12-2-3-13(11-20(6-4-17)7-5-18)8-14(12)9-15(19)10-16(21)22/h2-3,8,15H,4-7,9-11,19H2,1H3,(H,21,22). The molecule has 0 saturated carbocycles. The fraction of sp³-hybridized carbons (Fsp3) is 0.562. The van der Waals surface area contributed by atoms with Gasteiger partial charge in [0.05, 0.1) is 6.42 Å². The van der Waals surface area contributed by atoms with E-state index in [9.17, 15) is 4.79 Å². The molecule has 0 aliphatic heterocycles. The summed E-state index contributed by atoms with van der Waals surface area (Å²) in [6.45, 7) is 4.37. The van der Waals surface area contributed by atoms with E-state index in [1.807, 2.05) is 6.92 Å². The molecule has 6 heteroatoms. The Morgan fingerprint density at radius 3 is 2.50 bits per heavy atom. The van der Waals surface area contributed by atoms with E-state index in [1.54, 1.807) is 0 Å². The number of rotatable bonds is 10. The summed E-state index contributed by atoms with van der Waals surface area (Å²) in [7, 11) is 0. The van der Waals surface area contributed by atoms with Gasteiger partial charge >= 0.3 is 5.97 Å². The van der Waals surface area contributed by atoms with Crippen LogP contribution in [-0.4, -0.2) is 46.9 Å². The topological polar surface area (TPSA) is 66.6 Å². The lowest BCUT2D eigenvalue weighted by molar-refractivity contribution is -0.137. The highest BCUT2D eigenvalue weighted by Crippen LogP contribution is 2.16. The first-order valence-corrected chi connectivity index (χ1v) is 8.43. The third kappa shape index (κ3) is 6.97. The molecule has 0 fully saturated rings. The number of hydrogen-bond acceptors (Lipinski definition) is 3. The second-order valence-corrected chi connectivity index (χ2v) is 6.23. The van der Waals surface area contributed by atoms with Gasteiger partial charge in [-0.1, -0.05) is 18.2 Å². The Kier molecular flexibility index (Phi) is 8.79. The number of aliphatic carboxylic acids is 1. The van der Waals surface area contributed by atoms with Crippen LogP contribution in [0.5, 0.6) is 0 Å². The Morgan fingerprint density at radius 2 is 1.95 bits per heavy atom. The molecule has 0 aliphatic carbocycles. The van der Waals surface area contributed by atoms with Gasteiger partial charge in [-0.2, -0.15) is 0 Å². The maximum Gasteiger partial charge on any atom is 0.304 e. The number of aryl methyl sites for hydroxylation is 1. The van der Waals surface area contributed by atoms with Crippen LogP contribution in [0.2, 0.25) is 0 Å². The van der Waals surface area contributed by atoms with E-state index in [4.69, 9.17) is 34.0 Å². The normalized spacial score (nSPS) is 12.6. The largest absolute Gasteiger partial charge is 0.481 e. The van der Waals surface area contributed by atoms with Gasteiger partial charge < -0.3 is 10.8 Å². The molecule has 0 aromatic heterocycles. The molecular formula is C16H24Cl2N2O2. The summed E-state index contributed by atoms with van der Waals surface area (Å²) in [4.78, 5) is 12.9. The van der Waals surface area contributed by atoms with Crippen molar-refractivity contribution >= 4 is 29.2 Å². The van der Waals surface area contributed by atoms with Crippen LogP contribution in [0.3, 0.4) is 0 Å². The van der Waals surface area contributed by atoms with Crippen LogP contribution < -0.4 is 5.73 Å². The average molecular weight is 347 g/mol. The first-order chi connectivity index (χ1) is 10.5. The van der Waals surface area contributed by atoms with Crippen molar-refractivity contribution in [2.75, 3.05) is 24.8 Å². The van der Waals surface area contributed by atoms with Crippen molar-refractivity contribution in [2.45, 2.75) is 32.4 Å². The van der Waals surface area contributed by atoms with Crippen LogP contribution in [-0.2, 0) is 17.8 Å². The lowest BCUT2D eigenvalue weighted by atomic mass is 9.97. The summed E-state index contributed by atoms with van der Waals surface area (Å²) >= 11 is 11.6. The van der Waals surface area contributed by atoms with Crippen LogP contribution in [0.4, 0.5) is 0 Å². The number of alkyl halides is 2. The second-order valence-electron chi connectivity index (χ2n) is 5.48. The van der Waals surface area contributed by atoms with Crippen LogP contribution in [0.1, 0.15) is 23.1 Å². The summed E-state index contributed by atoms with van der Waals surface area (Å²) in [5.41, 5.74) is 9.29. The minimum absolute atomic E-state index is 0.0196. The van der Waals surface area contributed by atoms with E-state index < -0.39 is 5.97 Å². The Labute approximate surface area is 142 Å². The zero-order valence-corrected chi connectivity index (χ0v) is 14.4. The van der Waals surface area contributed by atoms with Crippen molar-refractivity contribution in [3.63, 3.8) is 0 Å². The molecule has 0 amide bonds. The van der Waals surface area contributed by atoms with E-state index in [0.29, 0.717) is 18.2 Å². The molecule has 1 unspecified atom stereocenters. The summed E-state index contributed by atoms with van der Waals surface area (Å²) in [6, 6.07) is 5.87. The van der Waals surface area contributed by atoms with Crippen LogP contribution in [0, 0.1) is 6.92 Å². The van der Waals surface area contributed by atoms with Crippen LogP contribution >= 0.6 is 23.2 Å². The fourth-order valence-corrected chi connectivity index (χ4v) is 2.87. The Balaban J connectivity index is 2.77. The predicted octanol–water partition coefficient (Wildman–Crippen LogP) is 2.62. The Morgan fingerprint density at radius 1 is 1.32 bits per heavy atom. The fourth-order valence-electron chi connectivity index (χ4n) is 2.39. The van der Waals surface area contributed by atoms with Gasteiger partial charge in [0.15, 0.2) is 0 Å². The van der Waals surface area contributed by atoms with Crippen LogP contribution in [0.15, 0.2) is 18.2 Å². The van der Waals surface area contributed by atoms with Crippen molar-refractivity contribution in [1.29, 1.82) is 0 Å². The van der Waals surface area contributed by atoms with E-state index in [0.717, 1.165) is 30.8 Å². The minimum atomic E-state index is -0.864. The number of nitrogens with two attached hydrogens (primary N) is 1. The molecule has 0 spiro atoms. The third-order valence-electron chi connectivity index (χ3n) is 3.54. The predicted molar refractivity (Wildman–Crippen MR) is 91.8 cm³/mol. The second kappa shape index (κ2) is 10.1. The van der Waals surface area contributed by atoms with Gasteiger partial charge in [0.25, 0.3) is 0 Å². The van der Waals surface area contributed by atoms with E-state index >= 15 is 0 Å². The molecule has 0 radical (unpaired) electrons. The molecule has 0 saturated heterocycles. The number of carboxylic acids is 1. The molecule has 0 aliphatic rings. The number of halogens is 2.